The molecule has 0 rings (SSSR count). The van der Waals surface area contributed by atoms with Crippen LogP contribution in [0.5, 0.6) is 0 Å². The number of rotatable bonds is 7. The van der Waals surface area contributed by atoms with Gasteiger partial charge in [0.25, 0.3) is 0 Å². The Morgan fingerprint density at radius 3 is 2.64 bits per heavy atom. The van der Waals surface area contributed by atoms with Gasteiger partial charge in [-0.1, -0.05) is 38.8 Å². The highest BCUT2D eigenvalue weighted by Crippen LogP contribution is 2.13. The van der Waals surface area contributed by atoms with Gasteiger partial charge in [0.15, 0.2) is 7.85 Å². The molecule has 0 amide bonds. The van der Waals surface area contributed by atoms with Gasteiger partial charge in [-0.2, -0.15) is 0 Å². The van der Waals surface area contributed by atoms with Crippen LogP contribution in [-0.4, -0.2) is 14.0 Å². The van der Waals surface area contributed by atoms with Crippen molar-refractivity contribution in [2.45, 2.75) is 39.5 Å². The number of aliphatic imine (C=N–C) groups is 1. The molecule has 0 aromatic heterocycles. The lowest BCUT2D eigenvalue weighted by Crippen LogP contribution is -1.93. The Morgan fingerprint density at radius 1 is 1.29 bits per heavy atom. The van der Waals surface area contributed by atoms with E-state index in [2.05, 4.69) is 31.0 Å². The molecule has 0 saturated heterocycles. The largest absolute Gasteiger partial charge is 0.280 e. The summed E-state index contributed by atoms with van der Waals surface area (Å²) in [7, 11) is 1.92. The standard InChI is InChI=1S/C12H22BN/c1-3-5-8-12(4-2)9-6-7-10-14-11-13/h6-7,9-12H,3-5,8,13H2,1-2H3/b9-6+,10-7-,14-11-. The lowest BCUT2D eigenvalue weighted by atomic mass is 9.99. The molecule has 14 heavy (non-hydrogen) atoms. The zero-order valence-electron chi connectivity index (χ0n) is 9.74. The maximum absolute atomic E-state index is 4.00. The highest BCUT2D eigenvalue weighted by molar-refractivity contribution is 6.49. The van der Waals surface area contributed by atoms with Crippen molar-refractivity contribution in [3.05, 3.63) is 24.4 Å². The minimum absolute atomic E-state index is 0.741. The Balaban J connectivity index is 3.79. The monoisotopic (exact) mass is 191 g/mol. The van der Waals surface area contributed by atoms with Crippen molar-refractivity contribution in [3.63, 3.8) is 0 Å². The summed E-state index contributed by atoms with van der Waals surface area (Å²) in [5.41, 5.74) is 0. The van der Waals surface area contributed by atoms with Crippen molar-refractivity contribution in [1.82, 2.24) is 0 Å². The van der Waals surface area contributed by atoms with Gasteiger partial charge in [0, 0.05) is 6.20 Å². The first kappa shape index (κ1) is 13.2. The van der Waals surface area contributed by atoms with Crippen LogP contribution >= 0.6 is 0 Å². The highest BCUT2D eigenvalue weighted by atomic mass is 14.6. The third kappa shape index (κ3) is 7.84. The summed E-state index contributed by atoms with van der Waals surface area (Å²) in [6, 6.07) is 0. The molecule has 0 aliphatic rings. The van der Waals surface area contributed by atoms with Crippen molar-refractivity contribution in [2.75, 3.05) is 0 Å². The van der Waals surface area contributed by atoms with E-state index in [0.717, 1.165) is 5.92 Å². The lowest BCUT2D eigenvalue weighted by Gasteiger charge is -2.07. The molecule has 0 aliphatic carbocycles. The Bertz CT molecular complexity index is 194. The molecule has 0 saturated carbocycles. The molecule has 0 aliphatic heterocycles. The van der Waals surface area contributed by atoms with Crippen LogP contribution in [0.2, 0.25) is 0 Å². The van der Waals surface area contributed by atoms with Gasteiger partial charge in [0.05, 0.1) is 0 Å². The summed E-state index contributed by atoms with van der Waals surface area (Å²) in [5, 5.41) is 0. The first-order valence-electron chi connectivity index (χ1n) is 5.66. The third-order valence-electron chi connectivity index (χ3n) is 2.27. The number of nitrogens with zero attached hydrogens (tertiary/aromatic N) is 1. The summed E-state index contributed by atoms with van der Waals surface area (Å²) in [4.78, 5) is 4.00. The molecule has 0 aromatic carbocycles. The fraction of sp³-hybridized carbons (Fsp3) is 0.583. The summed E-state index contributed by atoms with van der Waals surface area (Å²) < 4.78 is 0. The maximum Gasteiger partial charge on any atom is 0.154 e. The molecule has 0 heterocycles. The van der Waals surface area contributed by atoms with Gasteiger partial charge in [-0.25, -0.2) is 0 Å². The van der Waals surface area contributed by atoms with Gasteiger partial charge in [0.2, 0.25) is 0 Å². The second kappa shape index (κ2) is 10.3. The van der Waals surface area contributed by atoms with Crippen LogP contribution in [0.25, 0.3) is 0 Å². The average Bonchev–Trinajstić information content (AvgIpc) is 2.22. The van der Waals surface area contributed by atoms with Crippen molar-refractivity contribution in [2.24, 2.45) is 10.9 Å². The molecule has 0 N–H and O–H groups in total. The van der Waals surface area contributed by atoms with Gasteiger partial charge in [-0.15, -0.1) is 0 Å². The van der Waals surface area contributed by atoms with E-state index in [9.17, 15) is 0 Å². The second-order valence-electron chi connectivity index (χ2n) is 3.44. The van der Waals surface area contributed by atoms with Gasteiger partial charge in [-0.3, -0.25) is 4.99 Å². The molecule has 1 nitrogen and oxygen atoms in total. The first-order chi connectivity index (χ1) is 6.85. The molecule has 78 valence electrons. The minimum Gasteiger partial charge on any atom is -0.280 e. The zero-order valence-corrected chi connectivity index (χ0v) is 9.74. The Kier molecular flexibility index (Phi) is 9.72. The molecular weight excluding hydrogens is 169 g/mol. The van der Waals surface area contributed by atoms with Crippen LogP contribution in [0, 0.1) is 5.92 Å². The fourth-order valence-electron chi connectivity index (χ4n) is 1.31. The van der Waals surface area contributed by atoms with Crippen LogP contribution in [0.15, 0.2) is 29.4 Å². The molecule has 0 aromatic rings. The van der Waals surface area contributed by atoms with Crippen LogP contribution in [-0.2, 0) is 0 Å². The van der Waals surface area contributed by atoms with Gasteiger partial charge in [-0.05, 0) is 30.9 Å². The Labute approximate surface area is 89.4 Å². The summed E-state index contributed by atoms with van der Waals surface area (Å²) in [6.07, 6.45) is 15.2. The van der Waals surface area contributed by atoms with Crippen molar-refractivity contribution in [1.29, 1.82) is 0 Å². The third-order valence-corrected chi connectivity index (χ3v) is 2.27. The molecule has 1 atom stereocenters. The van der Waals surface area contributed by atoms with E-state index in [-0.39, 0.29) is 0 Å². The van der Waals surface area contributed by atoms with Crippen molar-refractivity contribution in [3.8, 4) is 0 Å². The Morgan fingerprint density at radius 2 is 2.07 bits per heavy atom. The Hall–Kier alpha value is -0.785. The molecule has 0 radical (unpaired) electrons. The van der Waals surface area contributed by atoms with E-state index < -0.39 is 0 Å². The molecule has 0 fully saturated rings. The van der Waals surface area contributed by atoms with Gasteiger partial charge < -0.3 is 0 Å². The van der Waals surface area contributed by atoms with E-state index in [1.54, 1.807) is 6.11 Å². The summed E-state index contributed by atoms with van der Waals surface area (Å²) >= 11 is 0. The quantitative estimate of drug-likeness (QED) is 0.333. The van der Waals surface area contributed by atoms with Crippen LogP contribution in [0.3, 0.4) is 0 Å². The lowest BCUT2D eigenvalue weighted by molar-refractivity contribution is 0.540. The average molecular weight is 191 g/mol. The van der Waals surface area contributed by atoms with E-state index in [1.165, 1.54) is 25.7 Å². The van der Waals surface area contributed by atoms with Crippen LogP contribution in [0.4, 0.5) is 0 Å². The van der Waals surface area contributed by atoms with E-state index in [4.69, 9.17) is 0 Å². The van der Waals surface area contributed by atoms with E-state index >= 15 is 0 Å². The number of hydrogen-bond acceptors (Lipinski definition) is 1. The van der Waals surface area contributed by atoms with Gasteiger partial charge >= 0.3 is 0 Å². The minimum atomic E-state index is 0.741. The topological polar surface area (TPSA) is 12.4 Å². The van der Waals surface area contributed by atoms with E-state index in [0.29, 0.717) is 0 Å². The smallest absolute Gasteiger partial charge is 0.154 e. The fourth-order valence-corrected chi connectivity index (χ4v) is 1.31. The predicted molar refractivity (Wildman–Crippen MR) is 68.6 cm³/mol. The number of hydrogen-bond donors (Lipinski definition) is 0. The number of allylic oxidation sites excluding steroid dienone is 3. The summed E-state index contributed by atoms with van der Waals surface area (Å²) in [5.74, 6) is 0.741. The molecule has 0 spiro atoms. The normalized spacial score (nSPS) is 14.7. The summed E-state index contributed by atoms with van der Waals surface area (Å²) in [6.45, 7) is 4.49. The van der Waals surface area contributed by atoms with Crippen molar-refractivity contribution >= 4 is 14.0 Å². The van der Waals surface area contributed by atoms with Crippen molar-refractivity contribution < 1.29 is 0 Å². The second-order valence-corrected chi connectivity index (χ2v) is 3.44. The molecular formula is C12H22BN. The van der Waals surface area contributed by atoms with Crippen LogP contribution < -0.4 is 0 Å². The molecule has 2 heteroatoms. The molecule has 1 unspecified atom stereocenters. The highest BCUT2D eigenvalue weighted by Gasteiger charge is 1.98. The SMILES string of the molecule is B\C=N/C=C\C=C\C(CC)CCCC. The van der Waals surface area contributed by atoms with Crippen LogP contribution in [0.1, 0.15) is 39.5 Å². The molecule has 0 bridgehead atoms. The maximum atomic E-state index is 4.00. The van der Waals surface area contributed by atoms with Gasteiger partial charge in [0.1, 0.15) is 0 Å². The number of unbranched alkanes of at least 4 members (excludes halogenated alkanes) is 1. The zero-order chi connectivity index (χ0) is 10.6. The predicted octanol–water partition coefficient (Wildman–Crippen LogP) is 2.93. The van der Waals surface area contributed by atoms with E-state index in [1.807, 2.05) is 20.1 Å². The first-order valence-corrected chi connectivity index (χ1v) is 5.66.